The van der Waals surface area contributed by atoms with E-state index in [-0.39, 0.29) is 0 Å². The van der Waals surface area contributed by atoms with Crippen LogP contribution < -0.4 is 9.47 Å². The van der Waals surface area contributed by atoms with Crippen molar-refractivity contribution >= 4 is 39.2 Å². The smallest absolute Gasteiger partial charge is 0.347 e. The molecule has 0 amide bonds. The average Bonchev–Trinajstić information content (AvgIpc) is 2.92. The van der Waals surface area contributed by atoms with Crippen LogP contribution in [0.4, 0.5) is 0 Å². The first-order valence-corrected chi connectivity index (χ1v) is 8.83. The number of carboxylic acid groups (broad SMARTS) is 1. The first-order valence-electron chi connectivity index (χ1n) is 7.20. The highest BCUT2D eigenvalue weighted by molar-refractivity contribution is 7.99. The Kier molecular flexibility index (Phi) is 4.69. The Morgan fingerprint density at radius 3 is 2.62 bits per heavy atom. The molecule has 0 aliphatic rings. The van der Waals surface area contributed by atoms with Gasteiger partial charge in [-0.3, -0.25) is 0 Å². The van der Waals surface area contributed by atoms with Gasteiger partial charge in [0.2, 0.25) is 0 Å². The van der Waals surface area contributed by atoms with Crippen LogP contribution in [0.25, 0.3) is 10.1 Å². The normalized spacial score (nSPS) is 10.8. The third kappa shape index (κ3) is 3.07. The second kappa shape index (κ2) is 6.75. The van der Waals surface area contributed by atoms with Crippen LogP contribution in [-0.2, 0) is 0 Å². The molecule has 3 rings (SSSR count). The molecule has 0 radical (unpaired) electrons. The third-order valence-corrected chi connectivity index (χ3v) is 6.00. The minimum absolute atomic E-state index is 0.338. The zero-order chi connectivity index (χ0) is 17.3. The average molecular weight is 360 g/mol. The number of ether oxygens (including phenoxy) is 2. The van der Waals surface area contributed by atoms with Gasteiger partial charge in [0.1, 0.15) is 16.4 Å². The van der Waals surface area contributed by atoms with Gasteiger partial charge in [0.25, 0.3) is 0 Å². The summed E-state index contributed by atoms with van der Waals surface area (Å²) in [6.07, 6.45) is 0. The van der Waals surface area contributed by atoms with E-state index in [2.05, 4.69) is 0 Å². The number of aromatic carboxylic acids is 1. The Balaban J connectivity index is 2.15. The van der Waals surface area contributed by atoms with Crippen molar-refractivity contribution in [1.82, 2.24) is 0 Å². The van der Waals surface area contributed by atoms with Gasteiger partial charge in [0.15, 0.2) is 0 Å². The van der Waals surface area contributed by atoms with Gasteiger partial charge in [-0.05, 0) is 42.8 Å². The van der Waals surface area contributed by atoms with E-state index >= 15 is 0 Å². The zero-order valence-corrected chi connectivity index (χ0v) is 15.1. The lowest BCUT2D eigenvalue weighted by atomic mass is 10.1. The summed E-state index contributed by atoms with van der Waals surface area (Å²) in [6, 6.07) is 11.5. The van der Waals surface area contributed by atoms with Gasteiger partial charge in [0, 0.05) is 19.9 Å². The van der Waals surface area contributed by atoms with Gasteiger partial charge < -0.3 is 14.6 Å². The molecule has 0 unspecified atom stereocenters. The van der Waals surface area contributed by atoms with Crippen LogP contribution in [0.5, 0.6) is 11.5 Å². The third-order valence-electron chi connectivity index (χ3n) is 3.62. The number of carboxylic acids is 1. The second-order valence-electron chi connectivity index (χ2n) is 5.16. The molecule has 0 saturated carbocycles. The molecule has 2 aromatic carbocycles. The molecule has 0 saturated heterocycles. The summed E-state index contributed by atoms with van der Waals surface area (Å²) in [5.41, 5.74) is 0.979. The second-order valence-corrected chi connectivity index (χ2v) is 7.30. The Morgan fingerprint density at radius 1 is 1.17 bits per heavy atom. The first-order chi connectivity index (χ1) is 11.5. The summed E-state index contributed by atoms with van der Waals surface area (Å²) in [5.74, 6) is 0.589. The maximum absolute atomic E-state index is 11.7. The molecule has 0 atom stereocenters. The van der Waals surface area contributed by atoms with Crippen molar-refractivity contribution in [3.8, 4) is 11.5 Å². The number of hydrogen-bond acceptors (Lipinski definition) is 5. The van der Waals surface area contributed by atoms with Crippen LogP contribution in [0.15, 0.2) is 46.2 Å². The lowest BCUT2D eigenvalue weighted by Gasteiger charge is -2.07. The van der Waals surface area contributed by atoms with E-state index in [0.717, 1.165) is 36.9 Å². The van der Waals surface area contributed by atoms with Gasteiger partial charge in [0.05, 0.1) is 14.2 Å². The van der Waals surface area contributed by atoms with Crippen LogP contribution in [-0.4, -0.2) is 25.3 Å². The molecule has 0 fully saturated rings. The largest absolute Gasteiger partial charge is 0.497 e. The van der Waals surface area contributed by atoms with Crippen molar-refractivity contribution in [1.29, 1.82) is 0 Å². The Hall–Kier alpha value is -2.18. The lowest BCUT2D eigenvalue weighted by molar-refractivity contribution is 0.0699. The topological polar surface area (TPSA) is 55.8 Å². The lowest BCUT2D eigenvalue weighted by Crippen LogP contribution is -1.93. The fourth-order valence-corrected chi connectivity index (χ4v) is 4.73. The van der Waals surface area contributed by atoms with Gasteiger partial charge in [-0.1, -0.05) is 17.8 Å². The predicted octanol–water partition coefficient (Wildman–Crippen LogP) is 5.08. The highest BCUT2D eigenvalue weighted by Gasteiger charge is 2.20. The van der Waals surface area contributed by atoms with Crippen LogP contribution in [0.2, 0.25) is 0 Å². The van der Waals surface area contributed by atoms with Gasteiger partial charge in [-0.15, -0.1) is 11.3 Å². The maximum atomic E-state index is 11.7. The van der Waals surface area contributed by atoms with Crippen molar-refractivity contribution in [3.05, 3.63) is 46.8 Å². The highest BCUT2D eigenvalue weighted by atomic mass is 32.2. The molecule has 0 bridgehead atoms. The first kappa shape index (κ1) is 16.7. The SMILES string of the molecule is COc1cccc(Sc2c(C(=O)O)sc3cc(OC)c(C)cc23)c1. The number of rotatable bonds is 5. The number of thiophene rings is 1. The number of carbonyl (C=O) groups is 1. The van der Waals surface area contributed by atoms with Crippen molar-refractivity contribution in [2.24, 2.45) is 0 Å². The summed E-state index contributed by atoms with van der Waals surface area (Å²) >= 11 is 2.71. The minimum atomic E-state index is -0.918. The summed E-state index contributed by atoms with van der Waals surface area (Å²) < 4.78 is 11.5. The van der Waals surface area contributed by atoms with Crippen molar-refractivity contribution in [3.63, 3.8) is 0 Å². The molecule has 0 aliphatic carbocycles. The number of fused-ring (bicyclic) bond motifs is 1. The quantitative estimate of drug-likeness (QED) is 0.688. The fraction of sp³-hybridized carbons (Fsp3) is 0.167. The van der Waals surface area contributed by atoms with E-state index in [0.29, 0.717) is 4.88 Å². The Bertz CT molecular complexity index is 915. The molecular formula is C18H16O4S2. The van der Waals surface area contributed by atoms with E-state index in [1.807, 2.05) is 43.3 Å². The molecule has 0 aliphatic heterocycles. The molecule has 1 heterocycles. The van der Waals surface area contributed by atoms with Gasteiger partial charge >= 0.3 is 5.97 Å². The number of hydrogen-bond donors (Lipinski definition) is 1. The molecule has 3 aromatic rings. The zero-order valence-electron chi connectivity index (χ0n) is 13.5. The van der Waals surface area contributed by atoms with Crippen LogP contribution >= 0.6 is 23.1 Å². The van der Waals surface area contributed by atoms with Gasteiger partial charge in [-0.25, -0.2) is 4.79 Å². The van der Waals surface area contributed by atoms with Crippen molar-refractivity contribution < 1.29 is 19.4 Å². The van der Waals surface area contributed by atoms with Crippen LogP contribution in [0, 0.1) is 6.92 Å². The standard InChI is InChI=1S/C18H16O4S2/c1-10-7-13-15(9-14(10)22-3)24-17(18(19)20)16(13)23-12-6-4-5-11(8-12)21-2/h4-9H,1-3H3,(H,19,20). The Labute approximate surface area is 148 Å². The van der Waals surface area contributed by atoms with E-state index < -0.39 is 5.97 Å². The summed E-state index contributed by atoms with van der Waals surface area (Å²) in [7, 11) is 3.23. The number of methoxy groups -OCH3 is 2. The molecule has 1 N–H and O–H groups in total. The summed E-state index contributed by atoms with van der Waals surface area (Å²) in [4.78, 5) is 13.7. The summed E-state index contributed by atoms with van der Waals surface area (Å²) in [6.45, 7) is 1.95. The van der Waals surface area contributed by atoms with E-state index in [4.69, 9.17) is 9.47 Å². The maximum Gasteiger partial charge on any atom is 0.347 e. The van der Waals surface area contributed by atoms with Crippen LogP contribution in [0.1, 0.15) is 15.2 Å². The number of benzene rings is 2. The molecule has 24 heavy (non-hydrogen) atoms. The molecule has 1 aromatic heterocycles. The van der Waals surface area contributed by atoms with E-state index in [9.17, 15) is 9.90 Å². The van der Waals surface area contributed by atoms with Crippen molar-refractivity contribution in [2.45, 2.75) is 16.7 Å². The molecule has 124 valence electrons. The molecule has 0 spiro atoms. The fourth-order valence-electron chi connectivity index (χ4n) is 2.45. The minimum Gasteiger partial charge on any atom is -0.497 e. The van der Waals surface area contributed by atoms with E-state index in [1.54, 1.807) is 14.2 Å². The molecule has 6 heteroatoms. The van der Waals surface area contributed by atoms with Crippen LogP contribution in [0.3, 0.4) is 0 Å². The highest BCUT2D eigenvalue weighted by Crippen LogP contribution is 2.44. The van der Waals surface area contributed by atoms with E-state index in [1.165, 1.54) is 23.1 Å². The molecule has 4 nitrogen and oxygen atoms in total. The summed E-state index contributed by atoms with van der Waals surface area (Å²) in [5, 5.41) is 10.5. The number of aryl methyl sites for hydroxylation is 1. The monoisotopic (exact) mass is 360 g/mol. The van der Waals surface area contributed by atoms with Crippen molar-refractivity contribution in [2.75, 3.05) is 14.2 Å². The Morgan fingerprint density at radius 2 is 1.96 bits per heavy atom. The van der Waals surface area contributed by atoms with Gasteiger partial charge in [-0.2, -0.15) is 0 Å². The predicted molar refractivity (Wildman–Crippen MR) is 97.2 cm³/mol. The molecular weight excluding hydrogens is 344 g/mol.